The third kappa shape index (κ3) is 7.66. The first-order valence-electron chi connectivity index (χ1n) is 11.1. The van der Waals surface area contributed by atoms with Gasteiger partial charge in [0.2, 0.25) is 5.96 Å². The van der Waals surface area contributed by atoms with E-state index in [1.807, 2.05) is 45.0 Å². The molecule has 9 nitrogen and oxygen atoms in total. The molecule has 1 heterocycles. The smallest absolute Gasteiger partial charge is 0.410 e. The molecule has 0 radical (unpaired) electrons. The van der Waals surface area contributed by atoms with Crippen molar-refractivity contribution in [3.8, 4) is 16.9 Å². The summed E-state index contributed by atoms with van der Waals surface area (Å²) in [6.07, 6.45) is 1.18. The average Bonchev–Trinajstić information content (AvgIpc) is 2.73. The van der Waals surface area contributed by atoms with Crippen LogP contribution >= 0.6 is 23.2 Å². The van der Waals surface area contributed by atoms with Gasteiger partial charge in [-0.1, -0.05) is 35.3 Å². The molecular formula is C24H30Cl2N6O3. The van der Waals surface area contributed by atoms with Crippen LogP contribution in [0.4, 0.5) is 10.5 Å². The van der Waals surface area contributed by atoms with Crippen molar-refractivity contribution in [3.05, 3.63) is 46.4 Å². The second kappa shape index (κ2) is 11.0. The van der Waals surface area contributed by atoms with Crippen LogP contribution in [-0.2, 0) is 4.74 Å². The van der Waals surface area contributed by atoms with Crippen LogP contribution in [0.15, 0.2) is 46.4 Å². The monoisotopic (exact) mass is 520 g/mol. The van der Waals surface area contributed by atoms with Crippen LogP contribution in [0, 0.1) is 0 Å². The van der Waals surface area contributed by atoms with Crippen LogP contribution in [0.2, 0.25) is 10.0 Å². The Bertz CT molecular complexity index is 1090. The minimum atomic E-state index is -0.507. The maximum atomic E-state index is 12.2. The zero-order valence-electron chi connectivity index (χ0n) is 19.9. The van der Waals surface area contributed by atoms with Crippen LogP contribution in [0.3, 0.4) is 0 Å². The standard InChI is InChI=1S/C24H30Cl2N6O3/c1-24(2,3)35-23(33)32-10-8-17(9-11-32)34-16-6-4-14(5-7-16)20-18(25)12-15(13-19(20)26)30-22(29)31-21(27)28/h4-7,12-13,17H,8-11H2,1-3H3,(H6,27,28,29,30,31). The average molecular weight is 521 g/mol. The van der Waals surface area contributed by atoms with Gasteiger partial charge in [-0.2, -0.15) is 4.99 Å². The van der Waals surface area contributed by atoms with Gasteiger partial charge in [0.1, 0.15) is 17.5 Å². The van der Waals surface area contributed by atoms with Gasteiger partial charge in [0.05, 0.1) is 15.7 Å². The largest absolute Gasteiger partial charge is 0.490 e. The lowest BCUT2D eigenvalue weighted by Gasteiger charge is -2.33. The number of hydrogen-bond acceptors (Lipinski definition) is 4. The Morgan fingerprint density at radius 2 is 1.60 bits per heavy atom. The highest BCUT2D eigenvalue weighted by molar-refractivity contribution is 6.39. The number of piperidine rings is 1. The highest BCUT2D eigenvalue weighted by Crippen LogP contribution is 2.39. The van der Waals surface area contributed by atoms with Crippen LogP contribution in [0.1, 0.15) is 33.6 Å². The van der Waals surface area contributed by atoms with Crippen LogP contribution in [-0.4, -0.2) is 47.7 Å². The molecule has 0 saturated carbocycles. The Morgan fingerprint density at radius 1 is 1.03 bits per heavy atom. The molecule has 3 rings (SSSR count). The van der Waals surface area contributed by atoms with E-state index in [0.29, 0.717) is 34.4 Å². The van der Waals surface area contributed by atoms with Gasteiger partial charge in [-0.25, -0.2) is 9.79 Å². The van der Waals surface area contributed by atoms with Gasteiger partial charge in [-0.15, -0.1) is 0 Å². The number of benzene rings is 2. The van der Waals surface area contributed by atoms with E-state index < -0.39 is 5.60 Å². The molecule has 2 aromatic carbocycles. The molecule has 0 aromatic heterocycles. The molecule has 1 fully saturated rings. The van der Waals surface area contributed by atoms with Crippen molar-refractivity contribution in [2.24, 2.45) is 27.2 Å². The summed E-state index contributed by atoms with van der Waals surface area (Å²) < 4.78 is 11.6. The Kier molecular flexibility index (Phi) is 8.34. The zero-order valence-corrected chi connectivity index (χ0v) is 21.4. The molecule has 0 aliphatic carbocycles. The summed E-state index contributed by atoms with van der Waals surface area (Å²) in [7, 11) is 0. The number of amides is 1. The van der Waals surface area contributed by atoms with E-state index in [9.17, 15) is 4.79 Å². The molecule has 0 atom stereocenters. The SMILES string of the molecule is CC(C)(C)OC(=O)N1CCC(Oc2ccc(-c3c(Cl)cc(N=C(N)N=C(N)N)cc3Cl)cc2)CC1. The minimum Gasteiger partial charge on any atom is -0.490 e. The molecule has 0 bridgehead atoms. The minimum absolute atomic E-state index is 0.0135. The fourth-order valence-corrected chi connectivity index (χ4v) is 4.26. The van der Waals surface area contributed by atoms with Crippen LogP contribution < -0.4 is 21.9 Å². The Hall–Kier alpha value is -3.17. The maximum absolute atomic E-state index is 12.2. The molecular weight excluding hydrogens is 491 g/mol. The number of nitrogens with zero attached hydrogens (tertiary/aromatic N) is 3. The van der Waals surface area contributed by atoms with Gasteiger partial charge in [0.15, 0.2) is 5.96 Å². The van der Waals surface area contributed by atoms with Gasteiger partial charge in [0.25, 0.3) is 0 Å². The van der Waals surface area contributed by atoms with Gasteiger partial charge in [0, 0.05) is 31.5 Å². The highest BCUT2D eigenvalue weighted by atomic mass is 35.5. The van der Waals surface area contributed by atoms with Crippen molar-refractivity contribution in [2.45, 2.75) is 45.3 Å². The third-order valence-corrected chi connectivity index (χ3v) is 5.65. The van der Waals surface area contributed by atoms with E-state index in [1.165, 1.54) is 0 Å². The molecule has 0 unspecified atom stereocenters. The number of nitrogens with two attached hydrogens (primary N) is 3. The lowest BCUT2D eigenvalue weighted by molar-refractivity contribution is 0.0126. The number of rotatable bonds is 4. The summed E-state index contributed by atoms with van der Waals surface area (Å²) in [5.41, 5.74) is 17.7. The topological polar surface area (TPSA) is 142 Å². The number of carbonyl (C=O) groups excluding carboxylic acids is 1. The van der Waals surface area contributed by atoms with E-state index in [4.69, 9.17) is 49.9 Å². The predicted molar refractivity (Wildman–Crippen MR) is 140 cm³/mol. The van der Waals surface area contributed by atoms with Crippen molar-refractivity contribution in [3.63, 3.8) is 0 Å². The summed E-state index contributed by atoms with van der Waals surface area (Å²) in [4.78, 5) is 21.7. The fourth-order valence-electron chi connectivity index (χ4n) is 3.56. The molecule has 2 aromatic rings. The first-order valence-corrected chi connectivity index (χ1v) is 11.8. The number of halogens is 2. The highest BCUT2D eigenvalue weighted by Gasteiger charge is 2.27. The van der Waals surface area contributed by atoms with Gasteiger partial charge in [-0.3, -0.25) is 0 Å². The molecule has 188 valence electrons. The molecule has 1 aliphatic heterocycles. The summed E-state index contributed by atoms with van der Waals surface area (Å²) in [5.74, 6) is 0.419. The maximum Gasteiger partial charge on any atom is 0.410 e. The first-order chi connectivity index (χ1) is 16.4. The summed E-state index contributed by atoms with van der Waals surface area (Å²) >= 11 is 13.0. The van der Waals surface area contributed by atoms with E-state index in [2.05, 4.69) is 9.98 Å². The summed E-state index contributed by atoms with van der Waals surface area (Å²) in [6, 6.07) is 10.8. The van der Waals surface area contributed by atoms with Gasteiger partial charge < -0.3 is 31.6 Å². The number of ether oxygens (including phenoxy) is 2. The van der Waals surface area contributed by atoms with Gasteiger partial charge in [-0.05, 0) is 50.6 Å². The normalized spacial score (nSPS) is 15.0. The lowest BCUT2D eigenvalue weighted by atomic mass is 10.0. The zero-order chi connectivity index (χ0) is 25.8. The lowest BCUT2D eigenvalue weighted by Crippen LogP contribution is -2.44. The Balaban J connectivity index is 1.64. The molecule has 11 heteroatoms. The number of hydrogen-bond donors (Lipinski definition) is 3. The molecule has 1 amide bonds. The number of aliphatic imine (C=N–C) groups is 2. The van der Waals surface area contributed by atoms with E-state index in [-0.39, 0.29) is 24.1 Å². The fraction of sp³-hybridized carbons (Fsp3) is 0.375. The third-order valence-electron chi connectivity index (χ3n) is 5.05. The Labute approximate surface area is 214 Å². The van der Waals surface area contributed by atoms with Crippen molar-refractivity contribution in [1.29, 1.82) is 0 Å². The van der Waals surface area contributed by atoms with Crippen molar-refractivity contribution >= 4 is 46.9 Å². The van der Waals surface area contributed by atoms with E-state index >= 15 is 0 Å². The van der Waals surface area contributed by atoms with Crippen molar-refractivity contribution < 1.29 is 14.3 Å². The summed E-state index contributed by atoms with van der Waals surface area (Å²) in [5, 5.41) is 0.800. The van der Waals surface area contributed by atoms with Crippen LogP contribution in [0.25, 0.3) is 11.1 Å². The van der Waals surface area contributed by atoms with Crippen molar-refractivity contribution in [1.82, 2.24) is 4.90 Å². The second-order valence-electron chi connectivity index (χ2n) is 9.10. The van der Waals surface area contributed by atoms with Crippen LogP contribution in [0.5, 0.6) is 5.75 Å². The summed E-state index contributed by atoms with van der Waals surface area (Å²) in [6.45, 7) is 6.76. The first kappa shape index (κ1) is 26.4. The Morgan fingerprint density at radius 3 is 2.11 bits per heavy atom. The predicted octanol–water partition coefficient (Wildman–Crippen LogP) is 4.66. The van der Waals surface area contributed by atoms with Crippen molar-refractivity contribution in [2.75, 3.05) is 13.1 Å². The van der Waals surface area contributed by atoms with Gasteiger partial charge >= 0.3 is 6.09 Å². The van der Waals surface area contributed by atoms with E-state index in [0.717, 1.165) is 24.2 Å². The second-order valence-corrected chi connectivity index (χ2v) is 9.91. The quantitative estimate of drug-likeness (QED) is 0.395. The molecule has 6 N–H and O–H groups in total. The van der Waals surface area contributed by atoms with E-state index in [1.54, 1.807) is 17.0 Å². The number of carbonyl (C=O) groups is 1. The molecule has 1 aliphatic rings. The molecule has 35 heavy (non-hydrogen) atoms. The molecule has 0 spiro atoms. The number of guanidine groups is 2. The number of likely N-dealkylation sites (tertiary alicyclic amines) is 1. The molecule has 1 saturated heterocycles.